The fourth-order valence-electron chi connectivity index (χ4n) is 1.78. The van der Waals surface area contributed by atoms with Gasteiger partial charge in [0.1, 0.15) is 11.4 Å². The minimum Gasteiger partial charge on any atom is -0.393 e. The second kappa shape index (κ2) is 6.08. The molecule has 0 unspecified atom stereocenters. The third kappa shape index (κ3) is 3.34. The fourth-order valence-corrected chi connectivity index (χ4v) is 1.78. The summed E-state index contributed by atoms with van der Waals surface area (Å²) in [6.45, 7) is 2.93. The van der Waals surface area contributed by atoms with Crippen LogP contribution < -0.4 is 10.6 Å². The van der Waals surface area contributed by atoms with Crippen molar-refractivity contribution in [1.29, 1.82) is 0 Å². The molecule has 0 aliphatic heterocycles. The molecule has 0 aromatic heterocycles. The van der Waals surface area contributed by atoms with Crippen LogP contribution in [0.4, 0.5) is 17.1 Å². The summed E-state index contributed by atoms with van der Waals surface area (Å²) in [6, 6.07) is 5.04. The molecular formula is C12H19N3O2. The quantitative estimate of drug-likeness (QED) is 0.357. The van der Waals surface area contributed by atoms with Gasteiger partial charge in [0, 0.05) is 13.6 Å². The zero-order valence-electron chi connectivity index (χ0n) is 10.3. The highest BCUT2D eigenvalue weighted by molar-refractivity contribution is 5.75. The maximum atomic E-state index is 11.0. The number of rotatable bonds is 6. The Bertz CT molecular complexity index is 393. The molecule has 0 aliphatic rings. The lowest BCUT2D eigenvalue weighted by Crippen LogP contribution is -2.20. The summed E-state index contributed by atoms with van der Waals surface area (Å²) in [6.07, 6.45) is 3.28. The van der Waals surface area contributed by atoms with Crippen molar-refractivity contribution < 1.29 is 4.92 Å². The van der Waals surface area contributed by atoms with E-state index in [2.05, 4.69) is 6.92 Å². The highest BCUT2D eigenvalue weighted by Crippen LogP contribution is 2.32. The molecule has 5 heteroatoms. The molecule has 0 saturated heterocycles. The molecular weight excluding hydrogens is 218 g/mol. The second-order valence-corrected chi connectivity index (χ2v) is 4.10. The smallest absolute Gasteiger partial charge is 0.315 e. The monoisotopic (exact) mass is 237 g/mol. The first-order valence-electron chi connectivity index (χ1n) is 5.82. The normalized spacial score (nSPS) is 10.2. The van der Waals surface area contributed by atoms with Gasteiger partial charge in [0.05, 0.1) is 4.92 Å². The topological polar surface area (TPSA) is 72.4 Å². The number of benzene rings is 1. The third-order valence-electron chi connectivity index (χ3n) is 2.74. The van der Waals surface area contributed by atoms with Crippen molar-refractivity contribution in [3.05, 3.63) is 28.3 Å². The van der Waals surface area contributed by atoms with E-state index in [9.17, 15) is 10.1 Å². The van der Waals surface area contributed by atoms with E-state index in [1.807, 2.05) is 11.9 Å². The number of hydrogen-bond acceptors (Lipinski definition) is 4. The van der Waals surface area contributed by atoms with E-state index in [1.165, 1.54) is 0 Å². The van der Waals surface area contributed by atoms with Gasteiger partial charge >= 0.3 is 5.69 Å². The number of nitro groups is 1. The van der Waals surface area contributed by atoms with Gasteiger partial charge in [-0.05, 0) is 18.6 Å². The van der Waals surface area contributed by atoms with E-state index in [0.29, 0.717) is 5.69 Å². The Hall–Kier alpha value is -1.78. The van der Waals surface area contributed by atoms with Crippen molar-refractivity contribution in [2.24, 2.45) is 0 Å². The van der Waals surface area contributed by atoms with E-state index in [4.69, 9.17) is 5.73 Å². The van der Waals surface area contributed by atoms with Gasteiger partial charge in [0.25, 0.3) is 0 Å². The number of para-hydroxylation sites is 1. The highest BCUT2D eigenvalue weighted by Gasteiger charge is 2.19. The van der Waals surface area contributed by atoms with Gasteiger partial charge in [0.2, 0.25) is 0 Å². The van der Waals surface area contributed by atoms with Crippen LogP contribution in [0.15, 0.2) is 18.2 Å². The van der Waals surface area contributed by atoms with E-state index in [1.54, 1.807) is 18.2 Å². The first-order chi connectivity index (χ1) is 8.07. The molecule has 1 aromatic rings. The molecule has 0 saturated carbocycles. The van der Waals surface area contributed by atoms with Gasteiger partial charge in [-0.1, -0.05) is 25.8 Å². The maximum absolute atomic E-state index is 11.0. The Morgan fingerprint density at radius 2 is 2.12 bits per heavy atom. The van der Waals surface area contributed by atoms with Gasteiger partial charge in [-0.25, -0.2) is 0 Å². The summed E-state index contributed by atoms with van der Waals surface area (Å²) in [4.78, 5) is 12.5. The summed E-state index contributed by atoms with van der Waals surface area (Å²) in [5.41, 5.74) is 6.46. The molecule has 17 heavy (non-hydrogen) atoms. The van der Waals surface area contributed by atoms with Crippen LogP contribution in [0.2, 0.25) is 0 Å². The molecule has 5 nitrogen and oxygen atoms in total. The first kappa shape index (κ1) is 13.3. The molecule has 94 valence electrons. The minimum absolute atomic E-state index is 0.00602. The van der Waals surface area contributed by atoms with Gasteiger partial charge in [-0.15, -0.1) is 0 Å². The Morgan fingerprint density at radius 1 is 1.41 bits per heavy atom. The van der Waals surface area contributed by atoms with Crippen LogP contribution in [0.1, 0.15) is 26.2 Å². The number of nitrogens with two attached hydrogens (primary N) is 1. The molecule has 2 N–H and O–H groups in total. The van der Waals surface area contributed by atoms with Crippen LogP contribution in [0, 0.1) is 10.1 Å². The van der Waals surface area contributed by atoms with Gasteiger partial charge in [-0.3, -0.25) is 10.1 Å². The van der Waals surface area contributed by atoms with Crippen LogP contribution >= 0.6 is 0 Å². The average molecular weight is 237 g/mol. The largest absolute Gasteiger partial charge is 0.393 e. The zero-order chi connectivity index (χ0) is 12.8. The Balaban J connectivity index is 2.89. The van der Waals surface area contributed by atoms with Crippen molar-refractivity contribution in [1.82, 2.24) is 0 Å². The molecule has 1 aromatic carbocycles. The summed E-state index contributed by atoms with van der Waals surface area (Å²) in [7, 11) is 1.86. The lowest BCUT2D eigenvalue weighted by Gasteiger charge is -2.19. The van der Waals surface area contributed by atoms with Gasteiger partial charge in [0.15, 0.2) is 0 Å². The molecule has 0 amide bonds. The van der Waals surface area contributed by atoms with Crippen molar-refractivity contribution in [3.8, 4) is 0 Å². The van der Waals surface area contributed by atoms with E-state index < -0.39 is 4.92 Å². The minimum atomic E-state index is -0.416. The maximum Gasteiger partial charge on any atom is 0.315 e. The summed E-state index contributed by atoms with van der Waals surface area (Å²) in [5, 5.41) is 11.0. The zero-order valence-corrected chi connectivity index (χ0v) is 10.3. The summed E-state index contributed by atoms with van der Waals surface area (Å²) < 4.78 is 0. The van der Waals surface area contributed by atoms with Crippen molar-refractivity contribution >= 4 is 17.1 Å². The van der Waals surface area contributed by atoms with Crippen LogP contribution in [-0.2, 0) is 0 Å². The summed E-state index contributed by atoms with van der Waals surface area (Å²) in [5.74, 6) is 0. The third-order valence-corrected chi connectivity index (χ3v) is 2.74. The van der Waals surface area contributed by atoms with E-state index in [-0.39, 0.29) is 11.4 Å². The van der Waals surface area contributed by atoms with Crippen LogP contribution in [0.3, 0.4) is 0 Å². The number of nitrogens with zero attached hydrogens (tertiary/aromatic N) is 2. The van der Waals surface area contributed by atoms with E-state index in [0.717, 1.165) is 25.8 Å². The molecule has 0 fully saturated rings. The number of hydrogen-bond donors (Lipinski definition) is 1. The molecule has 0 radical (unpaired) electrons. The average Bonchev–Trinajstić information content (AvgIpc) is 2.28. The lowest BCUT2D eigenvalue weighted by atomic mass is 10.2. The first-order valence-corrected chi connectivity index (χ1v) is 5.82. The van der Waals surface area contributed by atoms with Crippen LogP contribution in [0.25, 0.3) is 0 Å². The SMILES string of the molecule is CCCCCN(C)c1cccc(N)c1[N+](=O)[O-]. The highest BCUT2D eigenvalue weighted by atomic mass is 16.6. The van der Waals surface area contributed by atoms with Crippen molar-refractivity contribution in [3.63, 3.8) is 0 Å². The summed E-state index contributed by atoms with van der Waals surface area (Å²) >= 11 is 0. The van der Waals surface area contributed by atoms with E-state index >= 15 is 0 Å². The fraction of sp³-hybridized carbons (Fsp3) is 0.500. The molecule has 0 aliphatic carbocycles. The second-order valence-electron chi connectivity index (χ2n) is 4.10. The molecule has 1 rings (SSSR count). The number of anilines is 2. The van der Waals surface area contributed by atoms with Crippen molar-refractivity contribution in [2.75, 3.05) is 24.2 Å². The van der Waals surface area contributed by atoms with Crippen LogP contribution in [0.5, 0.6) is 0 Å². The number of nitrogen functional groups attached to an aromatic ring is 1. The Labute approximate surface area is 101 Å². The Kier molecular flexibility index (Phi) is 4.75. The van der Waals surface area contributed by atoms with Gasteiger partial charge in [-0.2, -0.15) is 0 Å². The van der Waals surface area contributed by atoms with Gasteiger partial charge < -0.3 is 10.6 Å². The molecule has 0 heterocycles. The lowest BCUT2D eigenvalue weighted by molar-refractivity contribution is -0.383. The molecule has 0 bridgehead atoms. The Morgan fingerprint density at radius 3 is 2.71 bits per heavy atom. The predicted octanol–water partition coefficient (Wildman–Crippen LogP) is 2.80. The number of nitro benzene ring substituents is 1. The number of unbranched alkanes of at least 4 members (excludes halogenated alkanes) is 2. The predicted molar refractivity (Wildman–Crippen MR) is 70.3 cm³/mol. The molecule has 0 atom stereocenters. The molecule has 0 spiro atoms. The standard InChI is InChI=1S/C12H19N3O2/c1-3-4-5-9-14(2)11-8-6-7-10(13)12(11)15(16)17/h6-8H,3-5,9,13H2,1-2H3. The van der Waals surface area contributed by atoms with Crippen LogP contribution in [-0.4, -0.2) is 18.5 Å². The van der Waals surface area contributed by atoms with Crippen molar-refractivity contribution in [2.45, 2.75) is 26.2 Å².